The molecule has 2 fully saturated rings. The Morgan fingerprint density at radius 2 is 1.59 bits per heavy atom. The van der Waals surface area contributed by atoms with Crippen molar-refractivity contribution in [2.45, 2.75) is 128 Å². The summed E-state index contributed by atoms with van der Waals surface area (Å²) in [5, 5.41) is 22.0. The molecule has 49 heavy (non-hydrogen) atoms. The van der Waals surface area contributed by atoms with Gasteiger partial charge in [-0.05, 0) is 104 Å². The fraction of sp³-hybridized carbons (Fsp3) is 0.692. The van der Waals surface area contributed by atoms with E-state index in [1.54, 1.807) is 11.6 Å². The lowest BCUT2D eigenvalue weighted by Crippen LogP contribution is -2.50. The van der Waals surface area contributed by atoms with Gasteiger partial charge in [-0.25, -0.2) is 4.63 Å². The highest BCUT2D eigenvalue weighted by molar-refractivity contribution is 5.93. The normalized spacial score (nSPS) is 19.2. The number of hydrogen-bond acceptors (Lipinski definition) is 9. The molecule has 1 atom stereocenters. The van der Waals surface area contributed by atoms with Crippen LogP contribution in [-0.4, -0.2) is 77.0 Å². The van der Waals surface area contributed by atoms with Crippen LogP contribution < -0.4 is 10.1 Å². The monoisotopic (exact) mass is 674 g/mol. The minimum absolute atomic E-state index is 0.0876. The van der Waals surface area contributed by atoms with E-state index in [0.29, 0.717) is 11.4 Å². The number of piperazine rings is 1. The second-order valence-corrected chi connectivity index (χ2v) is 14.7. The molecule has 3 aromatic rings. The molecule has 3 aliphatic rings. The van der Waals surface area contributed by atoms with Gasteiger partial charge in [0, 0.05) is 44.8 Å². The predicted octanol–water partition coefficient (Wildman–Crippen LogP) is 8.89. The number of aromatic nitrogens is 2. The topological polar surface area (TPSA) is 110 Å². The molecule has 268 valence electrons. The van der Waals surface area contributed by atoms with E-state index in [1.165, 1.54) is 134 Å². The first kappa shape index (κ1) is 35.6. The average Bonchev–Trinajstić information content (AvgIpc) is 3.63. The molecule has 10 nitrogen and oxygen atoms in total. The molecule has 1 aliphatic heterocycles. The minimum atomic E-state index is -0.464. The van der Waals surface area contributed by atoms with Gasteiger partial charge in [-0.1, -0.05) is 69.9 Å². The second kappa shape index (κ2) is 18.7. The van der Waals surface area contributed by atoms with E-state index < -0.39 is 4.92 Å². The van der Waals surface area contributed by atoms with Crippen LogP contribution in [0, 0.1) is 10.1 Å². The van der Waals surface area contributed by atoms with Crippen molar-refractivity contribution in [3.63, 3.8) is 0 Å². The lowest BCUT2D eigenvalue weighted by atomic mass is 9.80. The van der Waals surface area contributed by atoms with Gasteiger partial charge in [-0.2, -0.15) is 0 Å². The van der Waals surface area contributed by atoms with Gasteiger partial charge in [0.1, 0.15) is 5.75 Å². The Hall–Kier alpha value is -3.24. The first-order valence-electron chi connectivity index (χ1n) is 19.5. The summed E-state index contributed by atoms with van der Waals surface area (Å²) in [5.74, 6) is 1.83. The number of unbranched alkanes of at least 4 members (excludes halogenated alkanes) is 7. The van der Waals surface area contributed by atoms with E-state index in [4.69, 9.17) is 9.37 Å². The summed E-state index contributed by atoms with van der Waals surface area (Å²) in [5.41, 5.74) is 4.29. The maximum absolute atomic E-state index is 11.2. The zero-order chi connectivity index (χ0) is 33.7. The molecular weight excluding hydrogens is 616 g/mol. The fourth-order valence-electron chi connectivity index (χ4n) is 8.54. The molecule has 10 heteroatoms. The summed E-state index contributed by atoms with van der Waals surface area (Å²) >= 11 is 0. The Balaban J connectivity index is 0.804. The molecular formula is C39H58N6O4. The summed E-state index contributed by atoms with van der Waals surface area (Å²) < 4.78 is 11.1. The molecule has 2 aromatic carbocycles. The van der Waals surface area contributed by atoms with Gasteiger partial charge in [-0.3, -0.25) is 15.0 Å². The lowest BCUT2D eigenvalue weighted by Gasteiger charge is -2.41. The van der Waals surface area contributed by atoms with Crippen molar-refractivity contribution in [3.8, 4) is 5.75 Å². The Morgan fingerprint density at radius 1 is 0.837 bits per heavy atom. The summed E-state index contributed by atoms with van der Waals surface area (Å²) in [7, 11) is 0. The van der Waals surface area contributed by atoms with Crippen molar-refractivity contribution < 1.29 is 14.3 Å². The van der Waals surface area contributed by atoms with Gasteiger partial charge in [0.25, 0.3) is 0 Å². The van der Waals surface area contributed by atoms with Crippen molar-refractivity contribution in [2.75, 3.05) is 51.2 Å². The number of ether oxygens (including phenoxy) is 1. The summed E-state index contributed by atoms with van der Waals surface area (Å²) in [4.78, 5) is 16.2. The van der Waals surface area contributed by atoms with Crippen LogP contribution in [0.2, 0.25) is 0 Å². The third kappa shape index (κ3) is 9.94. The first-order chi connectivity index (χ1) is 24.2. The third-order valence-corrected chi connectivity index (χ3v) is 11.3. The van der Waals surface area contributed by atoms with Gasteiger partial charge in [-0.15, -0.1) is 0 Å². The average molecular weight is 675 g/mol. The number of nitro benzene ring substituents is 1. The molecule has 1 saturated carbocycles. The van der Waals surface area contributed by atoms with E-state index in [1.807, 2.05) is 0 Å². The van der Waals surface area contributed by atoms with Crippen molar-refractivity contribution in [1.29, 1.82) is 0 Å². The number of hydrogen-bond donors (Lipinski definition) is 1. The van der Waals surface area contributed by atoms with Crippen LogP contribution in [0.5, 0.6) is 5.75 Å². The minimum Gasteiger partial charge on any atom is -0.493 e. The zero-order valence-electron chi connectivity index (χ0n) is 29.6. The molecule has 1 saturated heterocycles. The number of benzene rings is 2. The summed E-state index contributed by atoms with van der Waals surface area (Å²) in [6, 6.07) is 10.8. The van der Waals surface area contributed by atoms with Gasteiger partial charge in [0.2, 0.25) is 5.52 Å². The Kier molecular flexibility index (Phi) is 13.6. The zero-order valence-corrected chi connectivity index (χ0v) is 29.6. The molecule has 1 aromatic heterocycles. The molecule has 0 spiro atoms. The Labute approximate surface area is 292 Å². The van der Waals surface area contributed by atoms with E-state index in [2.05, 4.69) is 43.6 Å². The maximum atomic E-state index is 11.2. The summed E-state index contributed by atoms with van der Waals surface area (Å²) in [6.07, 6.45) is 23.1. The number of non-ortho nitro benzene ring substituents is 1. The predicted molar refractivity (Wildman–Crippen MR) is 196 cm³/mol. The molecule has 6 rings (SSSR count). The Morgan fingerprint density at radius 3 is 2.39 bits per heavy atom. The highest BCUT2D eigenvalue weighted by Crippen LogP contribution is 2.39. The SMILES string of the molecule is O=[N+]([O-])c1ccc(NCCCCCCCCCCOc2cccc3c2CCCC3CCCN2CCN(C3CCCCC3)CC2)c2nonc12. The van der Waals surface area contributed by atoms with E-state index in [9.17, 15) is 10.1 Å². The second-order valence-electron chi connectivity index (χ2n) is 14.7. The lowest BCUT2D eigenvalue weighted by molar-refractivity contribution is -0.383. The smallest absolute Gasteiger partial charge is 0.300 e. The maximum Gasteiger partial charge on any atom is 0.300 e. The van der Waals surface area contributed by atoms with Crippen LogP contribution in [0.1, 0.15) is 126 Å². The van der Waals surface area contributed by atoms with Crippen LogP contribution in [0.4, 0.5) is 11.4 Å². The molecule has 2 heterocycles. The van der Waals surface area contributed by atoms with Crippen LogP contribution in [-0.2, 0) is 6.42 Å². The number of nitrogens with zero attached hydrogens (tertiary/aromatic N) is 5. The number of nitro groups is 1. The number of rotatable bonds is 19. The van der Waals surface area contributed by atoms with Crippen molar-refractivity contribution in [2.24, 2.45) is 0 Å². The van der Waals surface area contributed by atoms with E-state index >= 15 is 0 Å². The van der Waals surface area contributed by atoms with Crippen molar-refractivity contribution >= 4 is 22.4 Å². The Bertz CT molecular complexity index is 1450. The van der Waals surface area contributed by atoms with Crippen LogP contribution in [0.3, 0.4) is 0 Å². The molecule has 1 N–H and O–H groups in total. The highest BCUT2D eigenvalue weighted by atomic mass is 16.6. The fourth-order valence-corrected chi connectivity index (χ4v) is 8.54. The van der Waals surface area contributed by atoms with Gasteiger partial charge < -0.3 is 15.0 Å². The molecule has 2 aliphatic carbocycles. The van der Waals surface area contributed by atoms with Crippen LogP contribution >= 0.6 is 0 Å². The standard InChI is InChI=1S/C39H58N6O4/c46-45(47)36-23-22-35(38-39(36)42-49-41-38)40-24-10-5-3-1-2-4-6-11-30-48-37-21-13-19-33-31(15-12-20-34(33)37)16-14-25-43-26-28-44(29-27-43)32-17-8-7-9-18-32/h13,19,21-23,31-32,40H,1-12,14-18,20,24-30H2. The first-order valence-corrected chi connectivity index (χ1v) is 19.5. The van der Waals surface area contributed by atoms with Gasteiger partial charge in [0.05, 0.1) is 17.2 Å². The van der Waals surface area contributed by atoms with Crippen molar-refractivity contribution in [1.82, 2.24) is 20.1 Å². The molecule has 0 bridgehead atoms. The quantitative estimate of drug-likeness (QED) is 0.0757. The number of anilines is 1. The van der Waals surface area contributed by atoms with E-state index in [0.717, 1.165) is 56.3 Å². The van der Waals surface area contributed by atoms with Gasteiger partial charge >= 0.3 is 5.69 Å². The summed E-state index contributed by atoms with van der Waals surface area (Å²) in [6.45, 7) is 7.93. The molecule has 1 unspecified atom stereocenters. The largest absolute Gasteiger partial charge is 0.493 e. The van der Waals surface area contributed by atoms with Gasteiger partial charge in [0.15, 0.2) is 5.52 Å². The number of fused-ring (bicyclic) bond motifs is 2. The molecule has 0 radical (unpaired) electrons. The van der Waals surface area contributed by atoms with Crippen molar-refractivity contribution in [3.05, 3.63) is 51.6 Å². The molecule has 0 amide bonds. The third-order valence-electron chi connectivity index (χ3n) is 11.3. The van der Waals surface area contributed by atoms with E-state index in [-0.39, 0.29) is 11.2 Å². The van der Waals surface area contributed by atoms with Crippen LogP contribution in [0.25, 0.3) is 11.0 Å². The number of nitrogens with one attached hydrogen (secondary N) is 1. The van der Waals surface area contributed by atoms with Crippen LogP contribution in [0.15, 0.2) is 35.0 Å². The highest BCUT2D eigenvalue weighted by Gasteiger charge is 2.26.